The van der Waals surface area contributed by atoms with Gasteiger partial charge in [-0.15, -0.1) is 11.3 Å². The zero-order valence-corrected chi connectivity index (χ0v) is 21.6. The second kappa shape index (κ2) is 9.78. The van der Waals surface area contributed by atoms with Crippen molar-refractivity contribution in [2.24, 2.45) is 5.92 Å². The third-order valence-electron chi connectivity index (χ3n) is 7.54. The van der Waals surface area contributed by atoms with Crippen LogP contribution in [0.2, 0.25) is 0 Å². The van der Waals surface area contributed by atoms with Gasteiger partial charge in [0, 0.05) is 47.0 Å². The molecule has 0 amide bonds. The summed E-state index contributed by atoms with van der Waals surface area (Å²) in [5, 5.41) is 13.2. The Balaban J connectivity index is 1.20. The number of hydrogen-bond acceptors (Lipinski definition) is 5. The molecule has 0 aliphatic heterocycles. The van der Waals surface area contributed by atoms with Crippen molar-refractivity contribution in [3.63, 3.8) is 0 Å². The van der Waals surface area contributed by atoms with Crippen molar-refractivity contribution in [1.29, 1.82) is 0 Å². The van der Waals surface area contributed by atoms with Gasteiger partial charge in [0.15, 0.2) is 5.13 Å². The smallest absolute Gasteiger partial charge is 0.177 e. The molecule has 1 saturated carbocycles. The monoisotopic (exact) mass is 522 g/mol. The third kappa shape index (κ3) is 4.40. The van der Waals surface area contributed by atoms with Crippen LogP contribution in [0.1, 0.15) is 31.2 Å². The predicted molar refractivity (Wildman–Crippen MR) is 151 cm³/mol. The van der Waals surface area contributed by atoms with E-state index in [4.69, 9.17) is 0 Å². The molecule has 0 atom stereocenters. The van der Waals surface area contributed by atoms with Crippen molar-refractivity contribution in [3.05, 3.63) is 77.8 Å². The van der Waals surface area contributed by atoms with Crippen LogP contribution in [0.25, 0.3) is 54.9 Å². The summed E-state index contributed by atoms with van der Waals surface area (Å²) in [5.41, 5.74) is 7.76. The number of H-pyrrole nitrogens is 2. The first-order valence-corrected chi connectivity index (χ1v) is 13.9. The van der Waals surface area contributed by atoms with E-state index in [1.165, 1.54) is 37.3 Å². The highest BCUT2D eigenvalue weighted by atomic mass is 32.1. The van der Waals surface area contributed by atoms with Crippen LogP contribution in [0.3, 0.4) is 0 Å². The van der Waals surface area contributed by atoms with E-state index in [0.29, 0.717) is 0 Å². The van der Waals surface area contributed by atoms with E-state index < -0.39 is 0 Å². The Morgan fingerprint density at radius 1 is 0.921 bits per heavy atom. The first kappa shape index (κ1) is 23.3. The molecule has 6 nitrogen and oxygen atoms in total. The number of nitrogens with zero attached hydrogens (tertiary/aromatic N) is 3. The lowest BCUT2D eigenvalue weighted by atomic mass is 10.0. The standard InChI is InChI=1S/C30H27FN6S/c31-28-8-7-27(38-28)30-23-13-26(35-24(23)9-10-34-30)29-22-12-20(5-6-25(22)36-37-29)21-11-19(16-33-17-21)15-32-14-18-3-1-2-4-18/h5-13,16-18,32,35H,1-4,14-15H2,(H,36,37). The maximum absolute atomic E-state index is 13.7. The van der Waals surface area contributed by atoms with Gasteiger partial charge < -0.3 is 10.3 Å². The SMILES string of the molecule is Fc1ccc(-c2nccc3[nH]c(-c4n[nH]c5ccc(-c6cncc(CNCC7CCCC7)c6)cc45)cc23)s1. The molecular weight excluding hydrogens is 495 g/mol. The molecule has 0 radical (unpaired) electrons. The van der Waals surface area contributed by atoms with Crippen LogP contribution in [0.15, 0.2) is 67.1 Å². The van der Waals surface area contributed by atoms with Crippen molar-refractivity contribution in [2.75, 3.05) is 6.54 Å². The molecule has 8 heteroatoms. The van der Waals surface area contributed by atoms with Crippen LogP contribution in [-0.4, -0.2) is 31.7 Å². The molecule has 6 aromatic rings. The van der Waals surface area contributed by atoms with E-state index in [1.54, 1.807) is 12.3 Å². The fraction of sp³-hybridized carbons (Fsp3) is 0.233. The number of thiophene rings is 1. The van der Waals surface area contributed by atoms with Gasteiger partial charge in [0.1, 0.15) is 5.69 Å². The Morgan fingerprint density at radius 3 is 2.68 bits per heavy atom. The fourth-order valence-corrected chi connectivity index (χ4v) is 6.34. The summed E-state index contributed by atoms with van der Waals surface area (Å²) in [5.74, 6) is 0.816. The van der Waals surface area contributed by atoms with E-state index >= 15 is 0 Å². The van der Waals surface area contributed by atoms with Gasteiger partial charge in [-0.05, 0) is 78.9 Å². The second-order valence-corrected chi connectivity index (χ2v) is 11.1. The number of hydrogen-bond donors (Lipinski definition) is 3. The molecule has 0 bridgehead atoms. The lowest BCUT2D eigenvalue weighted by molar-refractivity contribution is 0.489. The summed E-state index contributed by atoms with van der Waals surface area (Å²) in [4.78, 5) is 13.4. The molecule has 190 valence electrons. The van der Waals surface area contributed by atoms with Crippen molar-refractivity contribution in [3.8, 4) is 33.1 Å². The van der Waals surface area contributed by atoms with Gasteiger partial charge in [0.05, 0.1) is 21.8 Å². The Morgan fingerprint density at radius 2 is 1.82 bits per heavy atom. The maximum atomic E-state index is 13.7. The number of aromatic nitrogens is 5. The number of halogens is 1. The van der Waals surface area contributed by atoms with Gasteiger partial charge >= 0.3 is 0 Å². The number of nitrogens with one attached hydrogen (secondary N) is 3. The third-order valence-corrected chi connectivity index (χ3v) is 8.42. The first-order chi connectivity index (χ1) is 18.7. The lowest BCUT2D eigenvalue weighted by Crippen LogP contribution is -2.20. The largest absolute Gasteiger partial charge is 0.353 e. The Kier molecular flexibility index (Phi) is 5.98. The zero-order valence-electron chi connectivity index (χ0n) is 20.8. The molecule has 7 rings (SSSR count). The summed E-state index contributed by atoms with van der Waals surface area (Å²) < 4.78 is 13.7. The average molecular weight is 523 g/mol. The highest BCUT2D eigenvalue weighted by Gasteiger charge is 2.17. The average Bonchev–Trinajstić information content (AvgIpc) is 3.74. The summed E-state index contributed by atoms with van der Waals surface area (Å²) >= 11 is 1.10. The molecule has 5 heterocycles. The number of benzene rings is 1. The second-order valence-electron chi connectivity index (χ2n) is 10.1. The molecule has 1 aliphatic carbocycles. The molecule has 1 fully saturated rings. The van der Waals surface area contributed by atoms with Crippen LogP contribution in [0.5, 0.6) is 0 Å². The van der Waals surface area contributed by atoms with Crippen LogP contribution in [-0.2, 0) is 6.54 Å². The summed E-state index contributed by atoms with van der Waals surface area (Å²) in [6.07, 6.45) is 11.0. The molecule has 3 N–H and O–H groups in total. The van der Waals surface area contributed by atoms with Crippen LogP contribution < -0.4 is 5.32 Å². The highest BCUT2D eigenvalue weighted by molar-refractivity contribution is 7.13. The van der Waals surface area contributed by atoms with Crippen molar-refractivity contribution in [1.82, 2.24) is 30.5 Å². The van der Waals surface area contributed by atoms with Crippen LogP contribution in [0, 0.1) is 11.0 Å². The maximum Gasteiger partial charge on any atom is 0.177 e. The zero-order chi connectivity index (χ0) is 25.5. The van der Waals surface area contributed by atoms with Gasteiger partial charge in [0.2, 0.25) is 0 Å². The summed E-state index contributed by atoms with van der Waals surface area (Å²) in [7, 11) is 0. The van der Waals surface area contributed by atoms with Gasteiger partial charge in [-0.3, -0.25) is 15.1 Å². The quantitative estimate of drug-likeness (QED) is 0.205. The van der Waals surface area contributed by atoms with Crippen molar-refractivity contribution in [2.45, 2.75) is 32.2 Å². The molecular formula is C30H27FN6S. The highest BCUT2D eigenvalue weighted by Crippen LogP contribution is 2.36. The first-order valence-electron chi connectivity index (χ1n) is 13.1. The van der Waals surface area contributed by atoms with Crippen molar-refractivity contribution < 1.29 is 4.39 Å². The van der Waals surface area contributed by atoms with Crippen molar-refractivity contribution >= 4 is 33.1 Å². The molecule has 5 aromatic heterocycles. The van der Waals surface area contributed by atoms with E-state index in [0.717, 1.165) is 85.2 Å². The molecule has 1 aromatic carbocycles. The lowest BCUT2D eigenvalue weighted by Gasteiger charge is -2.11. The van der Waals surface area contributed by atoms with Crippen LogP contribution in [0.4, 0.5) is 4.39 Å². The van der Waals surface area contributed by atoms with Gasteiger partial charge in [-0.1, -0.05) is 18.9 Å². The van der Waals surface area contributed by atoms with Crippen LogP contribution >= 0.6 is 11.3 Å². The number of fused-ring (bicyclic) bond motifs is 2. The summed E-state index contributed by atoms with van der Waals surface area (Å²) in [6.45, 7) is 1.91. The topological polar surface area (TPSA) is 82.3 Å². The summed E-state index contributed by atoms with van der Waals surface area (Å²) in [6, 6.07) is 15.8. The van der Waals surface area contributed by atoms with Gasteiger partial charge in [0.25, 0.3) is 0 Å². The van der Waals surface area contributed by atoms with Gasteiger partial charge in [-0.25, -0.2) is 0 Å². The molecule has 38 heavy (non-hydrogen) atoms. The van der Waals surface area contributed by atoms with E-state index in [2.05, 4.69) is 60.8 Å². The predicted octanol–water partition coefficient (Wildman–Crippen LogP) is 7.32. The Labute approximate surface area is 223 Å². The Hall–Kier alpha value is -3.88. The number of aromatic amines is 2. The minimum absolute atomic E-state index is 0.219. The van der Waals surface area contributed by atoms with E-state index in [-0.39, 0.29) is 5.13 Å². The Bertz CT molecular complexity index is 1740. The molecule has 0 unspecified atom stereocenters. The molecule has 0 saturated heterocycles. The minimum Gasteiger partial charge on any atom is -0.353 e. The number of pyridine rings is 2. The minimum atomic E-state index is -0.219. The number of rotatable bonds is 7. The van der Waals surface area contributed by atoms with E-state index in [1.807, 2.05) is 18.5 Å². The van der Waals surface area contributed by atoms with E-state index in [9.17, 15) is 4.39 Å². The molecule has 0 spiro atoms. The van der Waals surface area contributed by atoms with Gasteiger partial charge in [-0.2, -0.15) is 9.49 Å². The molecule has 1 aliphatic rings. The normalized spacial score (nSPS) is 14.2. The fourth-order valence-electron chi connectivity index (χ4n) is 5.60.